The molecular formula is C22H24N2O2. The zero-order valence-electron chi connectivity index (χ0n) is 15.3. The molecule has 1 fully saturated rings. The van der Waals surface area contributed by atoms with E-state index in [1.807, 2.05) is 19.1 Å². The summed E-state index contributed by atoms with van der Waals surface area (Å²) in [5.41, 5.74) is 6.39. The molecule has 3 aromatic rings. The zero-order chi connectivity index (χ0) is 18.1. The van der Waals surface area contributed by atoms with Crippen molar-refractivity contribution in [2.45, 2.75) is 20.4 Å². The van der Waals surface area contributed by atoms with Gasteiger partial charge in [0.05, 0.1) is 24.4 Å². The van der Waals surface area contributed by atoms with Crippen LogP contribution in [0, 0.1) is 13.8 Å². The molecule has 134 valence electrons. The van der Waals surface area contributed by atoms with Crippen molar-refractivity contribution in [1.29, 1.82) is 0 Å². The molecule has 0 atom stereocenters. The van der Waals surface area contributed by atoms with E-state index in [2.05, 4.69) is 36.1 Å². The molecular weight excluding hydrogens is 324 g/mol. The summed E-state index contributed by atoms with van der Waals surface area (Å²) in [5.74, 6) is 0.319. The van der Waals surface area contributed by atoms with E-state index in [1.165, 1.54) is 16.5 Å². The molecule has 2 aromatic carbocycles. The van der Waals surface area contributed by atoms with Crippen LogP contribution in [0.3, 0.4) is 0 Å². The van der Waals surface area contributed by atoms with Gasteiger partial charge < -0.3 is 9.84 Å². The second-order valence-electron chi connectivity index (χ2n) is 7.07. The van der Waals surface area contributed by atoms with Crippen LogP contribution in [0.2, 0.25) is 0 Å². The number of aromatic nitrogens is 1. The molecule has 1 aliphatic rings. The molecule has 0 aliphatic carbocycles. The Balaban J connectivity index is 1.67. The summed E-state index contributed by atoms with van der Waals surface area (Å²) in [5, 5.41) is 11.0. The summed E-state index contributed by atoms with van der Waals surface area (Å²) in [4.78, 5) is 7.28. The highest BCUT2D eigenvalue weighted by molar-refractivity contribution is 5.85. The topological polar surface area (TPSA) is 45.6 Å². The van der Waals surface area contributed by atoms with Crippen LogP contribution in [0.1, 0.15) is 16.7 Å². The van der Waals surface area contributed by atoms with Gasteiger partial charge in [-0.3, -0.25) is 4.90 Å². The first-order valence-corrected chi connectivity index (χ1v) is 9.10. The quantitative estimate of drug-likeness (QED) is 0.775. The van der Waals surface area contributed by atoms with Crippen molar-refractivity contribution < 1.29 is 9.84 Å². The number of pyridine rings is 1. The maximum absolute atomic E-state index is 9.75. The first kappa shape index (κ1) is 17.0. The molecule has 26 heavy (non-hydrogen) atoms. The van der Waals surface area contributed by atoms with Crippen molar-refractivity contribution in [3.8, 4) is 17.0 Å². The number of aromatic hydroxyl groups is 1. The third-order valence-electron chi connectivity index (χ3n) is 5.08. The lowest BCUT2D eigenvalue weighted by atomic mass is 10.0. The maximum Gasteiger partial charge on any atom is 0.118 e. The van der Waals surface area contributed by atoms with Crippen LogP contribution < -0.4 is 0 Å². The Morgan fingerprint density at radius 3 is 2.58 bits per heavy atom. The number of hydrogen-bond acceptors (Lipinski definition) is 4. The molecule has 4 heteroatoms. The number of ether oxygens (including phenoxy) is 1. The number of morpholine rings is 1. The molecule has 0 bridgehead atoms. The van der Waals surface area contributed by atoms with E-state index < -0.39 is 0 Å². The van der Waals surface area contributed by atoms with Crippen LogP contribution >= 0.6 is 0 Å². The van der Waals surface area contributed by atoms with Crippen LogP contribution in [-0.2, 0) is 11.3 Å². The highest BCUT2D eigenvalue weighted by atomic mass is 16.5. The van der Waals surface area contributed by atoms with E-state index in [0.29, 0.717) is 5.75 Å². The molecule has 1 N–H and O–H groups in total. The van der Waals surface area contributed by atoms with Crippen molar-refractivity contribution in [2.24, 2.45) is 0 Å². The van der Waals surface area contributed by atoms with Gasteiger partial charge in [-0.25, -0.2) is 4.98 Å². The Bertz CT molecular complexity index is 946. The molecule has 2 heterocycles. The lowest BCUT2D eigenvalue weighted by Gasteiger charge is -2.26. The normalized spacial score (nSPS) is 15.5. The van der Waals surface area contributed by atoms with Crippen molar-refractivity contribution >= 4 is 10.9 Å². The monoisotopic (exact) mass is 348 g/mol. The summed E-state index contributed by atoms with van der Waals surface area (Å²) >= 11 is 0. The Kier molecular flexibility index (Phi) is 4.62. The smallest absolute Gasteiger partial charge is 0.118 e. The molecule has 4 nitrogen and oxygen atoms in total. The molecule has 4 rings (SSSR count). The Morgan fingerprint density at radius 2 is 1.81 bits per heavy atom. The van der Waals surface area contributed by atoms with Gasteiger partial charge in [-0.05, 0) is 66.9 Å². The number of rotatable bonds is 3. The Hall–Kier alpha value is -2.43. The van der Waals surface area contributed by atoms with E-state index in [-0.39, 0.29) is 0 Å². The van der Waals surface area contributed by atoms with Gasteiger partial charge in [-0.2, -0.15) is 0 Å². The highest BCUT2D eigenvalue weighted by Crippen LogP contribution is 2.28. The first-order valence-electron chi connectivity index (χ1n) is 9.10. The number of nitrogens with zero attached hydrogens (tertiary/aromatic N) is 2. The van der Waals surface area contributed by atoms with E-state index in [0.717, 1.165) is 55.2 Å². The molecule has 1 aromatic heterocycles. The van der Waals surface area contributed by atoms with Gasteiger partial charge in [0.2, 0.25) is 0 Å². The number of hydrogen-bond donors (Lipinski definition) is 1. The Labute approximate surface area is 154 Å². The van der Waals surface area contributed by atoms with Crippen LogP contribution in [0.4, 0.5) is 0 Å². The highest BCUT2D eigenvalue weighted by Gasteiger charge is 2.12. The van der Waals surface area contributed by atoms with Gasteiger partial charge in [0.1, 0.15) is 5.75 Å². The number of aryl methyl sites for hydroxylation is 2. The van der Waals surface area contributed by atoms with Crippen molar-refractivity contribution in [1.82, 2.24) is 9.88 Å². The largest absolute Gasteiger partial charge is 0.508 e. The lowest BCUT2D eigenvalue weighted by molar-refractivity contribution is 0.0342. The lowest BCUT2D eigenvalue weighted by Crippen LogP contribution is -2.35. The van der Waals surface area contributed by atoms with Gasteiger partial charge in [0.25, 0.3) is 0 Å². The van der Waals surface area contributed by atoms with E-state index in [9.17, 15) is 5.11 Å². The van der Waals surface area contributed by atoms with Crippen molar-refractivity contribution in [2.75, 3.05) is 26.3 Å². The van der Waals surface area contributed by atoms with Gasteiger partial charge in [-0.15, -0.1) is 0 Å². The van der Waals surface area contributed by atoms with E-state index >= 15 is 0 Å². The van der Waals surface area contributed by atoms with E-state index in [1.54, 1.807) is 6.07 Å². The second-order valence-corrected chi connectivity index (χ2v) is 7.07. The van der Waals surface area contributed by atoms with Gasteiger partial charge >= 0.3 is 0 Å². The fourth-order valence-corrected chi connectivity index (χ4v) is 3.52. The molecule has 0 unspecified atom stereocenters. The number of benzene rings is 2. The van der Waals surface area contributed by atoms with E-state index in [4.69, 9.17) is 9.72 Å². The number of phenols is 1. The maximum atomic E-state index is 9.75. The van der Waals surface area contributed by atoms with Crippen molar-refractivity contribution in [3.63, 3.8) is 0 Å². The van der Waals surface area contributed by atoms with Crippen molar-refractivity contribution in [3.05, 3.63) is 59.2 Å². The minimum Gasteiger partial charge on any atom is -0.508 e. The predicted molar refractivity (Wildman–Crippen MR) is 104 cm³/mol. The molecule has 1 saturated heterocycles. The van der Waals surface area contributed by atoms with Gasteiger partial charge in [0, 0.05) is 30.6 Å². The molecule has 1 aliphatic heterocycles. The predicted octanol–water partition coefficient (Wildman–Crippen LogP) is 4.06. The number of fused-ring (bicyclic) bond motifs is 1. The van der Waals surface area contributed by atoms with Crippen LogP contribution in [-0.4, -0.2) is 41.3 Å². The third-order valence-corrected chi connectivity index (χ3v) is 5.08. The molecule has 0 amide bonds. The zero-order valence-corrected chi connectivity index (χ0v) is 15.3. The first-order chi connectivity index (χ1) is 12.6. The summed E-state index contributed by atoms with van der Waals surface area (Å²) in [6, 6.07) is 14.3. The molecule has 0 radical (unpaired) electrons. The van der Waals surface area contributed by atoms with Crippen LogP contribution in [0.15, 0.2) is 42.5 Å². The summed E-state index contributed by atoms with van der Waals surface area (Å²) in [7, 11) is 0. The fourth-order valence-electron chi connectivity index (χ4n) is 3.52. The molecule has 0 saturated carbocycles. The minimum atomic E-state index is 0.319. The standard InChI is InChI=1S/C22H24N2O2/c1-15-12-21(18-4-6-22(25)16(2)11-18)23-20-5-3-17(13-19(15)20)14-24-7-9-26-10-8-24/h3-6,11-13,25H,7-10,14H2,1-2H3. The molecule has 0 spiro atoms. The Morgan fingerprint density at radius 1 is 1.00 bits per heavy atom. The average Bonchev–Trinajstić information content (AvgIpc) is 2.65. The van der Waals surface area contributed by atoms with Crippen LogP contribution in [0.25, 0.3) is 22.2 Å². The number of phenolic OH excluding ortho intramolecular Hbond substituents is 1. The second kappa shape index (κ2) is 7.06. The summed E-state index contributed by atoms with van der Waals surface area (Å²) in [6.45, 7) is 8.64. The summed E-state index contributed by atoms with van der Waals surface area (Å²) < 4.78 is 5.43. The average molecular weight is 348 g/mol. The van der Waals surface area contributed by atoms with Gasteiger partial charge in [-0.1, -0.05) is 6.07 Å². The van der Waals surface area contributed by atoms with Gasteiger partial charge in [0.15, 0.2) is 0 Å². The fraction of sp³-hybridized carbons (Fsp3) is 0.318. The SMILES string of the molecule is Cc1cc(-c2cc(C)c3cc(CN4CCOCC4)ccc3n2)ccc1O. The van der Waals surface area contributed by atoms with Crippen LogP contribution in [0.5, 0.6) is 5.75 Å². The third kappa shape index (κ3) is 3.43. The summed E-state index contributed by atoms with van der Waals surface area (Å²) in [6.07, 6.45) is 0. The minimum absolute atomic E-state index is 0.319.